The number of hydrogen-bond donors (Lipinski definition) is 0. The number of carbonyl (C=O) groups is 3. The van der Waals surface area contributed by atoms with Gasteiger partial charge in [-0.1, -0.05) is 233 Å². The Bertz CT molecular complexity index is 1460. The van der Waals surface area contributed by atoms with Gasteiger partial charge in [-0.25, -0.2) is 0 Å². The van der Waals surface area contributed by atoms with E-state index in [4.69, 9.17) is 14.2 Å². The van der Waals surface area contributed by atoms with Crippen molar-refractivity contribution in [1.82, 2.24) is 0 Å². The summed E-state index contributed by atoms with van der Waals surface area (Å²) in [6, 6.07) is 0. The van der Waals surface area contributed by atoms with E-state index in [-0.39, 0.29) is 44.0 Å². The van der Waals surface area contributed by atoms with Gasteiger partial charge >= 0.3 is 17.9 Å². The van der Waals surface area contributed by atoms with Crippen LogP contribution in [0.2, 0.25) is 0 Å². The Kier molecular flexibility index (Phi) is 55.4. The summed E-state index contributed by atoms with van der Waals surface area (Å²) in [5, 5.41) is 0. The van der Waals surface area contributed by atoms with E-state index >= 15 is 0 Å². The molecule has 71 heavy (non-hydrogen) atoms. The molecular weight excluding hydrogens is 877 g/mol. The van der Waals surface area contributed by atoms with Crippen LogP contribution in [0.15, 0.2) is 109 Å². The molecule has 0 fully saturated rings. The van der Waals surface area contributed by atoms with E-state index in [0.717, 1.165) is 83.5 Å². The van der Waals surface area contributed by atoms with E-state index in [1.54, 1.807) is 0 Å². The molecule has 404 valence electrons. The molecule has 0 aromatic carbocycles. The zero-order valence-electron chi connectivity index (χ0n) is 46.2. The summed E-state index contributed by atoms with van der Waals surface area (Å²) in [7, 11) is 0. The lowest BCUT2D eigenvalue weighted by Gasteiger charge is -2.18. The van der Waals surface area contributed by atoms with Gasteiger partial charge in [0.15, 0.2) is 6.10 Å². The van der Waals surface area contributed by atoms with Crippen LogP contribution < -0.4 is 0 Å². The fraction of sp³-hybridized carbons (Fsp3) is 0.677. The number of unbranched alkanes of at least 4 members (excludes halogenated alkanes) is 23. The maximum absolute atomic E-state index is 12.8. The normalized spacial score (nSPS) is 12.9. The van der Waals surface area contributed by atoms with Crippen LogP contribution in [0.3, 0.4) is 0 Å². The minimum absolute atomic E-state index is 0.113. The van der Waals surface area contributed by atoms with Crippen molar-refractivity contribution in [3.05, 3.63) is 109 Å². The van der Waals surface area contributed by atoms with Gasteiger partial charge in [-0.15, -0.1) is 0 Å². The Morgan fingerprint density at radius 1 is 0.296 bits per heavy atom. The van der Waals surface area contributed by atoms with Gasteiger partial charge in [0.2, 0.25) is 0 Å². The lowest BCUT2D eigenvalue weighted by molar-refractivity contribution is -0.167. The van der Waals surface area contributed by atoms with Gasteiger partial charge in [-0.2, -0.15) is 0 Å². The first-order valence-corrected chi connectivity index (χ1v) is 29.4. The van der Waals surface area contributed by atoms with Crippen LogP contribution in [-0.4, -0.2) is 37.2 Å². The number of rotatable bonds is 52. The largest absolute Gasteiger partial charge is 0.462 e. The zero-order valence-corrected chi connectivity index (χ0v) is 46.2. The van der Waals surface area contributed by atoms with E-state index in [2.05, 4.69) is 130 Å². The molecule has 0 aliphatic carbocycles. The van der Waals surface area contributed by atoms with Crippen molar-refractivity contribution in [2.45, 2.75) is 271 Å². The van der Waals surface area contributed by atoms with Crippen molar-refractivity contribution < 1.29 is 28.6 Å². The molecule has 6 nitrogen and oxygen atoms in total. The van der Waals surface area contributed by atoms with Crippen molar-refractivity contribution in [2.75, 3.05) is 13.2 Å². The Labute approximate surface area is 438 Å². The van der Waals surface area contributed by atoms with Gasteiger partial charge in [-0.05, 0) is 122 Å². The smallest absolute Gasteiger partial charge is 0.306 e. The van der Waals surface area contributed by atoms with Crippen LogP contribution in [-0.2, 0) is 28.6 Å². The second-order valence-corrected chi connectivity index (χ2v) is 19.2. The van der Waals surface area contributed by atoms with Crippen molar-refractivity contribution in [1.29, 1.82) is 0 Å². The minimum atomic E-state index is -0.824. The van der Waals surface area contributed by atoms with E-state index in [1.165, 1.54) is 128 Å². The van der Waals surface area contributed by atoms with E-state index < -0.39 is 6.10 Å². The van der Waals surface area contributed by atoms with Crippen LogP contribution in [0.4, 0.5) is 0 Å². The van der Waals surface area contributed by atoms with Crippen molar-refractivity contribution >= 4 is 17.9 Å². The SMILES string of the molecule is CC/C=C\C/C=C\C/C=C\C/C=C\CCCCC(=O)O[C@H](COC(=O)CCC/C=C\C/C=C\C/C=C\C/C=C\CCCCC)COC(=O)CCCCCCCCCCCCC/C=C\CCCCCCCC. The summed E-state index contributed by atoms with van der Waals surface area (Å²) in [5.41, 5.74) is 0. The van der Waals surface area contributed by atoms with Crippen LogP contribution in [0.5, 0.6) is 0 Å². The van der Waals surface area contributed by atoms with Crippen LogP contribution in [0, 0.1) is 0 Å². The second kappa shape index (κ2) is 58.6. The number of hydrogen-bond acceptors (Lipinski definition) is 6. The predicted molar refractivity (Wildman–Crippen MR) is 307 cm³/mol. The first-order chi connectivity index (χ1) is 35.0. The molecule has 0 bridgehead atoms. The van der Waals surface area contributed by atoms with Crippen molar-refractivity contribution in [3.8, 4) is 0 Å². The van der Waals surface area contributed by atoms with Crippen LogP contribution >= 0.6 is 0 Å². The number of allylic oxidation sites excluding steroid dienone is 18. The maximum atomic E-state index is 12.8. The van der Waals surface area contributed by atoms with Gasteiger partial charge in [0.25, 0.3) is 0 Å². The summed E-state index contributed by atoms with van der Waals surface area (Å²) in [6.45, 7) is 6.42. The quantitative estimate of drug-likeness (QED) is 0.0261. The predicted octanol–water partition coefficient (Wildman–Crippen LogP) is 19.9. The highest BCUT2D eigenvalue weighted by Gasteiger charge is 2.19. The number of esters is 3. The van der Waals surface area contributed by atoms with Gasteiger partial charge < -0.3 is 14.2 Å². The average molecular weight is 986 g/mol. The molecule has 0 aliphatic heterocycles. The summed E-state index contributed by atoms with van der Waals surface area (Å²) in [6.07, 6.45) is 79.5. The lowest BCUT2D eigenvalue weighted by Crippen LogP contribution is -2.30. The number of ether oxygens (including phenoxy) is 3. The lowest BCUT2D eigenvalue weighted by atomic mass is 10.0. The van der Waals surface area contributed by atoms with Gasteiger partial charge in [0.05, 0.1) is 0 Å². The Morgan fingerprint density at radius 3 is 0.986 bits per heavy atom. The van der Waals surface area contributed by atoms with Crippen molar-refractivity contribution in [3.63, 3.8) is 0 Å². The molecule has 0 heterocycles. The van der Waals surface area contributed by atoms with E-state index in [0.29, 0.717) is 19.3 Å². The highest BCUT2D eigenvalue weighted by Crippen LogP contribution is 2.15. The second-order valence-electron chi connectivity index (χ2n) is 19.2. The molecule has 0 radical (unpaired) electrons. The first kappa shape index (κ1) is 67.1. The Hall–Kier alpha value is -3.93. The standard InChI is InChI=1S/C65H108O6/c1-4-7-10-13-16-19-22-25-28-30-31-32-33-35-38-40-43-46-49-52-55-58-64(67)70-61-62(71-65(68)59-56-53-50-47-44-41-36-27-24-21-18-15-12-9-6-3)60-69-63(66)57-54-51-48-45-42-39-37-34-29-26-23-20-17-14-11-8-5-2/h9,12,17-18,20-21,25-29,36-37,39,44-45,47-48,62H,4-8,10-11,13-16,19,22-24,30-35,38,40-43,46,49-61H2,1-3H3/b12-9-,20-17-,21-18-,28-25-,29-26-,36-27-,39-37-,47-44-,48-45-/t62-/m1/s1. The highest BCUT2D eigenvalue weighted by molar-refractivity contribution is 5.71. The molecule has 0 aromatic heterocycles. The topological polar surface area (TPSA) is 78.9 Å². The molecule has 0 aromatic rings. The van der Waals surface area contributed by atoms with Crippen LogP contribution in [0.25, 0.3) is 0 Å². The summed E-state index contributed by atoms with van der Waals surface area (Å²) in [5.74, 6) is -1.01. The summed E-state index contributed by atoms with van der Waals surface area (Å²) >= 11 is 0. The monoisotopic (exact) mass is 985 g/mol. The average Bonchev–Trinajstić information content (AvgIpc) is 3.37. The van der Waals surface area contributed by atoms with E-state index in [9.17, 15) is 14.4 Å². The molecule has 6 heteroatoms. The summed E-state index contributed by atoms with van der Waals surface area (Å²) in [4.78, 5) is 38.2. The fourth-order valence-electron chi connectivity index (χ4n) is 7.83. The molecule has 0 amide bonds. The van der Waals surface area contributed by atoms with Crippen molar-refractivity contribution in [2.24, 2.45) is 0 Å². The van der Waals surface area contributed by atoms with E-state index in [1.807, 2.05) is 0 Å². The molecule has 0 saturated heterocycles. The summed E-state index contributed by atoms with van der Waals surface area (Å²) < 4.78 is 16.8. The molecule has 0 N–H and O–H groups in total. The van der Waals surface area contributed by atoms with Gasteiger partial charge in [0, 0.05) is 19.3 Å². The molecule has 0 spiro atoms. The third-order valence-electron chi connectivity index (χ3n) is 12.2. The molecular formula is C65H108O6. The first-order valence-electron chi connectivity index (χ1n) is 29.4. The zero-order chi connectivity index (χ0) is 51.4. The molecule has 0 rings (SSSR count). The van der Waals surface area contributed by atoms with Gasteiger partial charge in [-0.3, -0.25) is 14.4 Å². The Balaban J connectivity index is 4.48. The fourth-order valence-corrected chi connectivity index (χ4v) is 7.83. The molecule has 1 atom stereocenters. The molecule has 0 saturated carbocycles. The maximum Gasteiger partial charge on any atom is 0.306 e. The Morgan fingerprint density at radius 2 is 0.563 bits per heavy atom. The number of carbonyl (C=O) groups excluding carboxylic acids is 3. The third kappa shape index (κ3) is 56.9. The van der Waals surface area contributed by atoms with Gasteiger partial charge in [0.1, 0.15) is 13.2 Å². The highest BCUT2D eigenvalue weighted by atomic mass is 16.6. The third-order valence-corrected chi connectivity index (χ3v) is 12.2. The minimum Gasteiger partial charge on any atom is -0.462 e. The molecule has 0 unspecified atom stereocenters. The van der Waals surface area contributed by atoms with Crippen LogP contribution in [0.1, 0.15) is 265 Å². The molecule has 0 aliphatic rings.